The van der Waals surface area contributed by atoms with E-state index in [-0.39, 0.29) is 23.0 Å². The molecule has 132 valence electrons. The molecule has 1 N–H and O–H groups in total. The molecule has 0 aromatic carbocycles. The molecule has 2 aliphatic rings. The third-order valence-corrected chi connectivity index (χ3v) is 5.18. The van der Waals surface area contributed by atoms with Crippen molar-refractivity contribution in [3.63, 3.8) is 0 Å². The summed E-state index contributed by atoms with van der Waals surface area (Å²) in [4.78, 5) is 28.1. The molecule has 7 nitrogen and oxygen atoms in total. The van der Waals surface area contributed by atoms with E-state index in [0.717, 1.165) is 19.3 Å². The minimum Gasteiger partial charge on any atom is -0.392 e. The van der Waals surface area contributed by atoms with Gasteiger partial charge in [0, 0.05) is 38.7 Å². The van der Waals surface area contributed by atoms with Crippen LogP contribution in [0, 0.1) is 12.3 Å². The van der Waals surface area contributed by atoms with Crippen molar-refractivity contribution in [3.05, 3.63) is 17.5 Å². The molecule has 0 radical (unpaired) electrons. The van der Waals surface area contributed by atoms with Crippen LogP contribution < -0.4 is 0 Å². The molecule has 24 heavy (non-hydrogen) atoms. The molecule has 0 bridgehead atoms. The minimum absolute atomic E-state index is 0.0664. The number of carbonyl (C=O) groups excluding carboxylic acids is 2. The molecule has 0 unspecified atom stereocenters. The van der Waals surface area contributed by atoms with Crippen molar-refractivity contribution >= 4 is 11.8 Å². The van der Waals surface area contributed by atoms with Gasteiger partial charge < -0.3 is 19.4 Å². The molecule has 0 aliphatic carbocycles. The van der Waals surface area contributed by atoms with Gasteiger partial charge in [-0.25, -0.2) is 0 Å². The topological polar surface area (TPSA) is 86.9 Å². The first-order valence-electron chi connectivity index (χ1n) is 8.57. The Morgan fingerprint density at radius 3 is 2.71 bits per heavy atom. The Bertz CT molecular complexity index is 617. The Labute approximate surface area is 141 Å². The van der Waals surface area contributed by atoms with Crippen molar-refractivity contribution in [2.75, 3.05) is 26.2 Å². The zero-order valence-electron chi connectivity index (χ0n) is 14.3. The number of rotatable bonds is 3. The van der Waals surface area contributed by atoms with Crippen molar-refractivity contribution in [2.45, 2.75) is 45.6 Å². The Morgan fingerprint density at radius 2 is 2.12 bits per heavy atom. The maximum Gasteiger partial charge on any atom is 0.292 e. The van der Waals surface area contributed by atoms with Crippen LogP contribution in [0.4, 0.5) is 0 Å². The number of amides is 2. The SMILES string of the molecule is Cc1cc(C(=O)N2CCC3(CCC(=O)N(C[C@H](C)O)C3)CC2)on1. The summed E-state index contributed by atoms with van der Waals surface area (Å²) in [6.07, 6.45) is 2.62. The average molecular weight is 335 g/mol. The second-order valence-corrected chi connectivity index (χ2v) is 7.25. The van der Waals surface area contributed by atoms with E-state index in [9.17, 15) is 14.7 Å². The summed E-state index contributed by atoms with van der Waals surface area (Å²) >= 11 is 0. The van der Waals surface area contributed by atoms with Gasteiger partial charge >= 0.3 is 0 Å². The van der Waals surface area contributed by atoms with Gasteiger partial charge in [-0.05, 0) is 38.5 Å². The fraction of sp³-hybridized carbons (Fsp3) is 0.706. The molecule has 1 atom stereocenters. The predicted molar refractivity (Wildman–Crippen MR) is 86.3 cm³/mol. The van der Waals surface area contributed by atoms with Crippen LogP contribution in [0.1, 0.15) is 48.9 Å². The van der Waals surface area contributed by atoms with E-state index >= 15 is 0 Å². The number of aliphatic hydroxyl groups excluding tert-OH is 1. The number of aliphatic hydroxyl groups is 1. The fourth-order valence-corrected chi connectivity index (χ4v) is 3.80. The maximum atomic E-state index is 12.4. The molecule has 1 aromatic rings. The van der Waals surface area contributed by atoms with Gasteiger partial charge in [0.05, 0.1) is 11.8 Å². The van der Waals surface area contributed by atoms with E-state index in [4.69, 9.17) is 4.52 Å². The van der Waals surface area contributed by atoms with Crippen LogP contribution in [-0.4, -0.2) is 64.2 Å². The van der Waals surface area contributed by atoms with Crippen molar-refractivity contribution in [1.82, 2.24) is 15.0 Å². The first kappa shape index (κ1) is 17.0. The van der Waals surface area contributed by atoms with Crippen LogP contribution in [0.3, 0.4) is 0 Å². The van der Waals surface area contributed by atoms with Crippen molar-refractivity contribution in [2.24, 2.45) is 5.41 Å². The molecule has 0 saturated carbocycles. The first-order chi connectivity index (χ1) is 11.4. The van der Waals surface area contributed by atoms with E-state index in [0.29, 0.717) is 38.3 Å². The Morgan fingerprint density at radius 1 is 1.42 bits per heavy atom. The molecule has 1 spiro atoms. The quantitative estimate of drug-likeness (QED) is 0.897. The Kier molecular flexibility index (Phi) is 4.62. The highest BCUT2D eigenvalue weighted by molar-refractivity contribution is 5.91. The lowest BCUT2D eigenvalue weighted by molar-refractivity contribution is -0.140. The van der Waals surface area contributed by atoms with Crippen LogP contribution in [0.2, 0.25) is 0 Å². The summed E-state index contributed by atoms with van der Waals surface area (Å²) in [7, 11) is 0. The van der Waals surface area contributed by atoms with Crippen LogP contribution in [0.25, 0.3) is 0 Å². The molecule has 3 heterocycles. The number of aromatic nitrogens is 1. The highest BCUT2D eigenvalue weighted by Gasteiger charge is 2.42. The molecule has 3 rings (SSSR count). The van der Waals surface area contributed by atoms with E-state index in [1.165, 1.54) is 0 Å². The second kappa shape index (κ2) is 6.55. The molecule has 2 amide bonds. The first-order valence-corrected chi connectivity index (χ1v) is 8.57. The summed E-state index contributed by atoms with van der Waals surface area (Å²) in [6.45, 7) is 5.89. The van der Waals surface area contributed by atoms with Crippen molar-refractivity contribution in [3.8, 4) is 0 Å². The molecule has 7 heteroatoms. The number of hydrogen-bond donors (Lipinski definition) is 1. The zero-order valence-corrected chi connectivity index (χ0v) is 14.3. The minimum atomic E-state index is -0.513. The van der Waals surface area contributed by atoms with Crippen molar-refractivity contribution in [1.29, 1.82) is 0 Å². The third-order valence-electron chi connectivity index (χ3n) is 5.18. The molecule has 2 fully saturated rings. The van der Waals surface area contributed by atoms with E-state index < -0.39 is 6.10 Å². The number of likely N-dealkylation sites (tertiary alicyclic amines) is 2. The number of hydrogen-bond acceptors (Lipinski definition) is 5. The van der Waals surface area contributed by atoms with Crippen LogP contribution >= 0.6 is 0 Å². The van der Waals surface area contributed by atoms with Gasteiger partial charge in [0.1, 0.15) is 0 Å². The van der Waals surface area contributed by atoms with Gasteiger partial charge in [-0.15, -0.1) is 0 Å². The van der Waals surface area contributed by atoms with E-state index in [1.807, 2.05) is 0 Å². The smallest absolute Gasteiger partial charge is 0.292 e. The predicted octanol–water partition coefficient (Wildman–Crippen LogP) is 1.21. The maximum absolute atomic E-state index is 12.4. The lowest BCUT2D eigenvalue weighted by Gasteiger charge is -2.47. The van der Waals surface area contributed by atoms with Gasteiger partial charge in [0.2, 0.25) is 11.7 Å². The van der Waals surface area contributed by atoms with Crippen LogP contribution in [0.15, 0.2) is 10.6 Å². The van der Waals surface area contributed by atoms with Gasteiger partial charge in [-0.2, -0.15) is 0 Å². The monoisotopic (exact) mass is 335 g/mol. The lowest BCUT2D eigenvalue weighted by atomic mass is 9.72. The third kappa shape index (κ3) is 3.45. The summed E-state index contributed by atoms with van der Waals surface area (Å²) in [5, 5.41) is 13.4. The molecule has 1 aromatic heterocycles. The number of β-amino-alcohol motifs (C(OH)–C–C–N with tert-alkyl or cyclic N) is 1. The fourth-order valence-electron chi connectivity index (χ4n) is 3.80. The largest absolute Gasteiger partial charge is 0.392 e. The highest BCUT2D eigenvalue weighted by Crippen LogP contribution is 2.40. The number of carbonyl (C=O) groups is 2. The normalized spacial score (nSPS) is 22.0. The van der Waals surface area contributed by atoms with Gasteiger partial charge in [0.25, 0.3) is 5.91 Å². The summed E-state index contributed by atoms with van der Waals surface area (Å²) in [5.41, 5.74) is 0.767. The number of aryl methyl sites for hydroxylation is 1. The highest BCUT2D eigenvalue weighted by atomic mass is 16.5. The zero-order chi connectivity index (χ0) is 17.3. The van der Waals surface area contributed by atoms with Crippen LogP contribution in [-0.2, 0) is 4.79 Å². The Hall–Kier alpha value is -1.89. The van der Waals surface area contributed by atoms with Gasteiger partial charge in [0.15, 0.2) is 0 Å². The molecular weight excluding hydrogens is 310 g/mol. The summed E-state index contributed by atoms with van der Waals surface area (Å²) in [5.74, 6) is 0.299. The summed E-state index contributed by atoms with van der Waals surface area (Å²) in [6, 6.07) is 1.66. The van der Waals surface area contributed by atoms with E-state index in [2.05, 4.69) is 5.16 Å². The van der Waals surface area contributed by atoms with Crippen LogP contribution in [0.5, 0.6) is 0 Å². The van der Waals surface area contributed by atoms with Gasteiger partial charge in [-0.3, -0.25) is 9.59 Å². The van der Waals surface area contributed by atoms with E-state index in [1.54, 1.807) is 29.7 Å². The second-order valence-electron chi connectivity index (χ2n) is 7.25. The molecule has 2 saturated heterocycles. The van der Waals surface area contributed by atoms with Crippen molar-refractivity contribution < 1.29 is 19.2 Å². The number of piperidine rings is 2. The molecular formula is C17H25N3O4. The Balaban J connectivity index is 1.61. The van der Waals surface area contributed by atoms with Gasteiger partial charge in [-0.1, -0.05) is 5.16 Å². The summed E-state index contributed by atoms with van der Waals surface area (Å²) < 4.78 is 5.07. The standard InChI is InChI=1S/C17H25N3O4/c1-12-9-14(24-18-12)16(23)19-7-5-17(6-8-19)4-3-15(22)20(11-17)10-13(2)21/h9,13,21H,3-8,10-11H2,1-2H3/t13-/m0/s1. The number of nitrogens with zero attached hydrogens (tertiary/aromatic N) is 3. The lowest BCUT2D eigenvalue weighted by Crippen LogP contribution is -2.53. The molecule has 2 aliphatic heterocycles. The average Bonchev–Trinajstić information content (AvgIpc) is 2.97.